The van der Waals surface area contributed by atoms with Crippen molar-refractivity contribution in [3.63, 3.8) is 0 Å². The van der Waals surface area contributed by atoms with Crippen LogP contribution < -0.4 is 20.2 Å². The van der Waals surface area contributed by atoms with Crippen molar-refractivity contribution >= 4 is 62.4 Å². The second-order valence-electron chi connectivity index (χ2n) is 7.52. The van der Waals surface area contributed by atoms with Gasteiger partial charge < -0.3 is 14.8 Å². The number of nitro groups is 1. The molecule has 0 fully saturated rings. The van der Waals surface area contributed by atoms with Gasteiger partial charge in [0.25, 0.3) is 17.5 Å². The average Bonchev–Trinajstić information content (AvgIpc) is 3.24. The van der Waals surface area contributed by atoms with E-state index in [2.05, 4.69) is 15.8 Å². The molecule has 0 bridgehead atoms. The van der Waals surface area contributed by atoms with E-state index in [4.69, 9.17) is 21.1 Å². The molecule has 37 heavy (non-hydrogen) atoms. The van der Waals surface area contributed by atoms with E-state index in [-0.39, 0.29) is 15.6 Å². The quantitative estimate of drug-likeness (QED) is 0.173. The number of hydrogen-bond acceptors (Lipinski definition) is 8. The maximum atomic E-state index is 12.8. The van der Waals surface area contributed by atoms with Crippen molar-refractivity contribution in [2.24, 2.45) is 5.10 Å². The standard InChI is InChI=1S/C25H19ClN4O6S/c1-35-18-9-5-15(20(12-18)36-2)13-27-29-24(31)14-3-6-16(7-4-14)28-25(32)23-22(26)19-10-8-17(30(33)34)11-21(19)37-23/h3-13H,1-2H3,(H,28,32)(H,29,31)/b27-13-. The van der Waals surface area contributed by atoms with E-state index in [0.717, 1.165) is 11.3 Å². The van der Waals surface area contributed by atoms with Gasteiger partial charge in [-0.3, -0.25) is 19.7 Å². The van der Waals surface area contributed by atoms with Gasteiger partial charge in [0.1, 0.15) is 16.4 Å². The van der Waals surface area contributed by atoms with Crippen molar-refractivity contribution in [2.75, 3.05) is 19.5 Å². The summed E-state index contributed by atoms with van der Waals surface area (Å²) in [5.74, 6) is 0.248. The number of hydrazone groups is 1. The number of carbonyl (C=O) groups excluding carboxylic acids is 2. The maximum absolute atomic E-state index is 12.8. The number of benzene rings is 3. The molecule has 10 nitrogen and oxygen atoms in total. The molecule has 12 heteroatoms. The molecule has 1 heterocycles. The Hall–Kier alpha value is -4.48. The highest BCUT2D eigenvalue weighted by Gasteiger charge is 2.19. The van der Waals surface area contributed by atoms with E-state index < -0.39 is 16.7 Å². The molecule has 4 aromatic rings. The van der Waals surface area contributed by atoms with Gasteiger partial charge in [-0.1, -0.05) is 11.6 Å². The minimum absolute atomic E-state index is 0.0845. The monoisotopic (exact) mass is 538 g/mol. The Balaban J connectivity index is 1.41. The number of amides is 2. The Morgan fingerprint density at radius 3 is 2.46 bits per heavy atom. The summed E-state index contributed by atoms with van der Waals surface area (Å²) in [5, 5.41) is 18.5. The minimum Gasteiger partial charge on any atom is -0.497 e. The molecule has 188 valence electrons. The Morgan fingerprint density at radius 1 is 1.03 bits per heavy atom. The van der Waals surface area contributed by atoms with E-state index in [9.17, 15) is 19.7 Å². The van der Waals surface area contributed by atoms with Gasteiger partial charge >= 0.3 is 0 Å². The molecule has 0 atom stereocenters. The number of methoxy groups -OCH3 is 2. The Bertz CT molecular complexity index is 1530. The lowest BCUT2D eigenvalue weighted by Crippen LogP contribution is -2.18. The molecule has 0 aliphatic carbocycles. The van der Waals surface area contributed by atoms with Crippen LogP contribution in [0.15, 0.2) is 65.8 Å². The van der Waals surface area contributed by atoms with E-state index in [1.807, 2.05) is 0 Å². The Kier molecular flexibility index (Phi) is 7.66. The summed E-state index contributed by atoms with van der Waals surface area (Å²) in [5.41, 5.74) is 3.77. The average molecular weight is 539 g/mol. The SMILES string of the molecule is COc1ccc(/C=N\NC(=O)c2ccc(NC(=O)c3sc4cc([N+](=O)[O-])ccc4c3Cl)cc2)c(OC)c1. The van der Waals surface area contributed by atoms with Crippen molar-refractivity contribution in [3.8, 4) is 11.5 Å². The van der Waals surface area contributed by atoms with E-state index >= 15 is 0 Å². The lowest BCUT2D eigenvalue weighted by atomic mass is 10.2. The molecule has 1 aromatic heterocycles. The number of ether oxygens (including phenoxy) is 2. The first kappa shape index (κ1) is 25.6. The number of thiophene rings is 1. The second kappa shape index (κ2) is 11.1. The molecule has 4 rings (SSSR count). The molecule has 0 unspecified atom stereocenters. The molecule has 0 radical (unpaired) electrons. The molecule has 3 aromatic carbocycles. The fraction of sp³-hybridized carbons (Fsp3) is 0.0800. The minimum atomic E-state index is -0.508. The number of halogens is 1. The molecular weight excluding hydrogens is 520 g/mol. The molecule has 0 aliphatic rings. The van der Waals surface area contributed by atoms with Gasteiger partial charge in [-0.2, -0.15) is 5.10 Å². The number of hydrogen-bond donors (Lipinski definition) is 2. The van der Waals surface area contributed by atoms with Gasteiger partial charge in [0.15, 0.2) is 0 Å². The van der Waals surface area contributed by atoms with Gasteiger partial charge in [-0.25, -0.2) is 5.43 Å². The number of fused-ring (bicyclic) bond motifs is 1. The summed E-state index contributed by atoms with van der Waals surface area (Å²) >= 11 is 7.40. The van der Waals surface area contributed by atoms with Crippen molar-refractivity contribution in [3.05, 3.63) is 91.8 Å². The van der Waals surface area contributed by atoms with Crippen molar-refractivity contribution in [1.82, 2.24) is 5.43 Å². The molecule has 2 N–H and O–H groups in total. The summed E-state index contributed by atoms with van der Waals surface area (Å²) < 4.78 is 11.0. The van der Waals surface area contributed by atoms with Crippen LogP contribution in [0.5, 0.6) is 11.5 Å². The highest BCUT2D eigenvalue weighted by Crippen LogP contribution is 2.37. The van der Waals surface area contributed by atoms with Crippen molar-refractivity contribution in [2.45, 2.75) is 0 Å². The van der Waals surface area contributed by atoms with Crippen LogP contribution in [0.1, 0.15) is 25.6 Å². The summed E-state index contributed by atoms with van der Waals surface area (Å²) in [6.45, 7) is 0. The molecule has 2 amide bonds. The zero-order valence-electron chi connectivity index (χ0n) is 19.5. The first-order chi connectivity index (χ1) is 17.8. The highest BCUT2D eigenvalue weighted by atomic mass is 35.5. The summed E-state index contributed by atoms with van der Waals surface area (Å²) in [6, 6.07) is 15.6. The van der Waals surface area contributed by atoms with Crippen LogP contribution in [0.2, 0.25) is 5.02 Å². The number of carbonyl (C=O) groups is 2. The van der Waals surface area contributed by atoms with Gasteiger partial charge in [-0.15, -0.1) is 11.3 Å². The largest absolute Gasteiger partial charge is 0.497 e. The van der Waals surface area contributed by atoms with Crippen LogP contribution >= 0.6 is 22.9 Å². The molecule has 0 spiro atoms. The third-order valence-electron chi connectivity index (χ3n) is 5.25. The predicted octanol–water partition coefficient (Wildman–Crippen LogP) is 5.50. The lowest BCUT2D eigenvalue weighted by Gasteiger charge is -2.07. The molecular formula is C25H19ClN4O6S. The summed E-state index contributed by atoms with van der Waals surface area (Å²) in [4.78, 5) is 35.9. The van der Waals surface area contributed by atoms with Crippen LogP contribution in [-0.2, 0) is 0 Å². The summed E-state index contributed by atoms with van der Waals surface area (Å²) in [7, 11) is 3.07. The van der Waals surface area contributed by atoms with Crippen molar-refractivity contribution < 1.29 is 24.0 Å². The summed E-state index contributed by atoms with van der Waals surface area (Å²) in [6.07, 6.45) is 1.45. The van der Waals surface area contributed by atoms with E-state index in [0.29, 0.717) is 38.4 Å². The number of nitrogens with one attached hydrogen (secondary N) is 2. The van der Waals surface area contributed by atoms with Gasteiger partial charge in [0.2, 0.25) is 0 Å². The zero-order chi connectivity index (χ0) is 26.5. The maximum Gasteiger partial charge on any atom is 0.271 e. The predicted molar refractivity (Wildman–Crippen MR) is 142 cm³/mol. The lowest BCUT2D eigenvalue weighted by molar-refractivity contribution is -0.384. The van der Waals surface area contributed by atoms with E-state index in [1.165, 1.54) is 43.7 Å². The molecule has 0 saturated heterocycles. The zero-order valence-corrected chi connectivity index (χ0v) is 21.1. The number of non-ortho nitro benzene ring substituents is 1. The fourth-order valence-electron chi connectivity index (χ4n) is 3.36. The number of nitrogens with zero attached hydrogens (tertiary/aromatic N) is 2. The topological polar surface area (TPSA) is 132 Å². The van der Waals surface area contributed by atoms with Gasteiger partial charge in [-0.05, 0) is 42.5 Å². The Morgan fingerprint density at radius 2 is 1.78 bits per heavy atom. The van der Waals surface area contributed by atoms with Crippen LogP contribution in [-0.4, -0.2) is 37.2 Å². The van der Waals surface area contributed by atoms with Crippen molar-refractivity contribution in [1.29, 1.82) is 0 Å². The van der Waals surface area contributed by atoms with E-state index in [1.54, 1.807) is 37.4 Å². The third kappa shape index (κ3) is 5.68. The normalized spacial score (nSPS) is 10.9. The highest BCUT2D eigenvalue weighted by molar-refractivity contribution is 7.21. The first-order valence-electron chi connectivity index (χ1n) is 10.6. The number of nitro benzene ring substituents is 1. The number of rotatable bonds is 8. The van der Waals surface area contributed by atoms with Crippen LogP contribution in [0.25, 0.3) is 10.1 Å². The van der Waals surface area contributed by atoms with Crippen LogP contribution in [0.4, 0.5) is 11.4 Å². The first-order valence-corrected chi connectivity index (χ1v) is 11.8. The van der Waals surface area contributed by atoms with Crippen LogP contribution in [0, 0.1) is 10.1 Å². The van der Waals surface area contributed by atoms with Gasteiger partial charge in [0, 0.05) is 45.1 Å². The third-order valence-corrected chi connectivity index (χ3v) is 6.90. The molecule has 0 aliphatic heterocycles. The number of anilines is 1. The molecule has 0 saturated carbocycles. The van der Waals surface area contributed by atoms with Crippen LogP contribution in [0.3, 0.4) is 0 Å². The fourth-order valence-corrected chi connectivity index (χ4v) is 4.80. The second-order valence-corrected chi connectivity index (χ2v) is 8.95. The smallest absolute Gasteiger partial charge is 0.271 e. The van der Waals surface area contributed by atoms with Gasteiger partial charge in [0.05, 0.1) is 30.4 Å². The Labute approximate surface area is 219 Å².